The second-order valence-corrected chi connectivity index (χ2v) is 8.13. The van der Waals surface area contributed by atoms with E-state index < -0.39 is 6.10 Å². The van der Waals surface area contributed by atoms with Crippen molar-refractivity contribution >= 4 is 44.8 Å². The fraction of sp³-hybridized carbons (Fsp3) is 0.438. The highest BCUT2D eigenvalue weighted by atomic mass is 79.9. The first-order chi connectivity index (χ1) is 11.4. The van der Waals surface area contributed by atoms with Crippen molar-refractivity contribution < 1.29 is 5.11 Å². The monoisotopic (exact) mass is 432 g/mol. The van der Waals surface area contributed by atoms with Gasteiger partial charge in [-0.1, -0.05) is 11.6 Å². The third-order valence-electron chi connectivity index (χ3n) is 3.51. The smallest absolute Gasteiger partial charge is 0.194 e. The fourth-order valence-electron chi connectivity index (χ4n) is 2.28. The lowest BCUT2D eigenvalue weighted by atomic mass is 10.3. The summed E-state index contributed by atoms with van der Waals surface area (Å²) in [5.74, 6) is 0.761. The molecule has 0 aliphatic carbocycles. The van der Waals surface area contributed by atoms with Gasteiger partial charge < -0.3 is 19.9 Å². The molecule has 2 aromatic rings. The first kappa shape index (κ1) is 19.3. The van der Waals surface area contributed by atoms with Crippen LogP contribution in [0.5, 0.6) is 0 Å². The summed E-state index contributed by atoms with van der Waals surface area (Å²) < 4.78 is 3.80. The maximum atomic E-state index is 10.3. The van der Waals surface area contributed by atoms with Crippen molar-refractivity contribution in [2.24, 2.45) is 12.0 Å². The van der Waals surface area contributed by atoms with Gasteiger partial charge >= 0.3 is 0 Å². The molecule has 132 valence electrons. The van der Waals surface area contributed by atoms with Crippen molar-refractivity contribution in [2.45, 2.75) is 19.6 Å². The number of aliphatic hydroxyl groups excluding tert-OH is 1. The maximum Gasteiger partial charge on any atom is 0.194 e. The average molecular weight is 434 g/mol. The summed E-state index contributed by atoms with van der Waals surface area (Å²) in [6.07, 6.45) is 1.38. The molecule has 1 atom stereocenters. The SMILES string of the molecule is CCNC(=NCC(O)c1ccc(Cl)s1)N(C)Cc1cc(Br)cn1C. The molecule has 0 aromatic carbocycles. The largest absolute Gasteiger partial charge is 0.386 e. The topological polar surface area (TPSA) is 52.8 Å². The molecule has 0 spiro atoms. The van der Waals surface area contributed by atoms with Gasteiger partial charge in [-0.15, -0.1) is 11.3 Å². The van der Waals surface area contributed by atoms with Crippen LogP contribution in [-0.4, -0.2) is 40.7 Å². The number of nitrogens with one attached hydrogen (secondary N) is 1. The van der Waals surface area contributed by atoms with Crippen molar-refractivity contribution in [2.75, 3.05) is 20.1 Å². The molecule has 0 aliphatic rings. The number of guanidine groups is 1. The standard InChI is InChI=1S/C16H22BrClN4OS/c1-4-19-16(20-8-13(23)14-5-6-15(18)24-14)22(3)10-12-7-11(17)9-21(12)2/h5-7,9,13,23H,4,8,10H2,1-3H3,(H,19,20). The first-order valence-corrected chi connectivity index (χ1v) is 9.63. The Bertz CT molecular complexity index is 700. The molecule has 2 rings (SSSR count). The Morgan fingerprint density at radius 2 is 2.29 bits per heavy atom. The van der Waals surface area contributed by atoms with Gasteiger partial charge in [0.25, 0.3) is 0 Å². The minimum absolute atomic E-state index is 0.292. The lowest BCUT2D eigenvalue weighted by molar-refractivity contribution is 0.190. The van der Waals surface area contributed by atoms with Gasteiger partial charge in [-0.25, -0.2) is 0 Å². The van der Waals surface area contributed by atoms with E-state index in [0.29, 0.717) is 10.9 Å². The molecule has 0 fully saturated rings. The molecule has 0 amide bonds. The summed E-state index contributed by atoms with van der Waals surface area (Å²) >= 11 is 10.8. The van der Waals surface area contributed by atoms with Gasteiger partial charge in [0.1, 0.15) is 6.10 Å². The second-order valence-electron chi connectivity index (χ2n) is 5.47. The van der Waals surface area contributed by atoms with Crippen molar-refractivity contribution in [3.63, 3.8) is 0 Å². The van der Waals surface area contributed by atoms with Crippen LogP contribution in [-0.2, 0) is 13.6 Å². The number of nitrogens with zero attached hydrogens (tertiary/aromatic N) is 3. The number of aryl methyl sites for hydroxylation is 1. The summed E-state index contributed by atoms with van der Waals surface area (Å²) in [6.45, 7) is 3.80. The fourth-order valence-corrected chi connectivity index (χ4v) is 3.89. The van der Waals surface area contributed by atoms with Crippen molar-refractivity contribution in [3.8, 4) is 0 Å². The number of rotatable bonds is 6. The molecule has 24 heavy (non-hydrogen) atoms. The number of thiophene rings is 1. The zero-order chi connectivity index (χ0) is 17.7. The molecular formula is C16H22BrClN4OS. The van der Waals surface area contributed by atoms with Crippen molar-refractivity contribution in [1.29, 1.82) is 0 Å². The number of aliphatic imine (C=N–C) groups is 1. The predicted molar refractivity (Wildman–Crippen MR) is 105 cm³/mol. The van der Waals surface area contributed by atoms with Gasteiger partial charge in [-0.05, 0) is 41.1 Å². The third kappa shape index (κ3) is 5.24. The van der Waals surface area contributed by atoms with Crippen LogP contribution in [0, 0.1) is 0 Å². The Hall–Kier alpha value is -1.02. The van der Waals surface area contributed by atoms with Gasteiger partial charge in [-0.3, -0.25) is 4.99 Å². The van der Waals surface area contributed by atoms with Gasteiger partial charge in [0, 0.05) is 41.9 Å². The van der Waals surface area contributed by atoms with Gasteiger partial charge in [0.15, 0.2) is 5.96 Å². The molecule has 2 N–H and O–H groups in total. The predicted octanol–water partition coefficient (Wildman–Crippen LogP) is 3.63. The minimum atomic E-state index is -0.645. The highest BCUT2D eigenvalue weighted by Gasteiger charge is 2.13. The minimum Gasteiger partial charge on any atom is -0.386 e. The lowest BCUT2D eigenvalue weighted by Gasteiger charge is -2.22. The van der Waals surface area contributed by atoms with Gasteiger partial charge in [-0.2, -0.15) is 0 Å². The van der Waals surface area contributed by atoms with Crippen LogP contribution >= 0.6 is 38.9 Å². The van der Waals surface area contributed by atoms with E-state index in [1.165, 1.54) is 17.0 Å². The maximum absolute atomic E-state index is 10.3. The molecule has 0 saturated heterocycles. The van der Waals surface area contributed by atoms with Crippen LogP contribution in [0.3, 0.4) is 0 Å². The summed E-state index contributed by atoms with van der Waals surface area (Å²) in [6, 6.07) is 5.72. The summed E-state index contributed by atoms with van der Waals surface area (Å²) in [4.78, 5) is 7.42. The van der Waals surface area contributed by atoms with E-state index in [9.17, 15) is 5.11 Å². The Balaban J connectivity index is 2.05. The van der Waals surface area contributed by atoms with Crippen LogP contribution in [0.25, 0.3) is 0 Å². The van der Waals surface area contributed by atoms with Crippen molar-refractivity contribution in [1.82, 2.24) is 14.8 Å². The molecule has 8 heteroatoms. The average Bonchev–Trinajstić information content (AvgIpc) is 3.09. The van der Waals surface area contributed by atoms with E-state index in [0.717, 1.165) is 28.4 Å². The quantitative estimate of drug-likeness (QED) is 0.540. The van der Waals surface area contributed by atoms with Gasteiger partial charge in [0.05, 0.1) is 17.4 Å². The van der Waals surface area contributed by atoms with E-state index >= 15 is 0 Å². The molecule has 2 aromatic heterocycles. The number of aromatic nitrogens is 1. The molecule has 5 nitrogen and oxygen atoms in total. The molecular weight excluding hydrogens is 412 g/mol. The van der Waals surface area contributed by atoms with Crippen LogP contribution in [0.1, 0.15) is 23.6 Å². The molecule has 0 aliphatic heterocycles. The Morgan fingerprint density at radius 1 is 1.54 bits per heavy atom. The molecule has 0 saturated carbocycles. The molecule has 0 bridgehead atoms. The third-order valence-corrected chi connectivity index (χ3v) is 5.27. The summed E-state index contributed by atoms with van der Waals surface area (Å²) in [7, 11) is 4.00. The normalized spacial score (nSPS) is 13.2. The first-order valence-electron chi connectivity index (χ1n) is 7.64. The van der Waals surface area contributed by atoms with E-state index in [1.807, 2.05) is 38.2 Å². The second kappa shape index (κ2) is 8.89. The lowest BCUT2D eigenvalue weighted by Crippen LogP contribution is -2.39. The van der Waals surface area contributed by atoms with Gasteiger partial charge in [0.2, 0.25) is 0 Å². The van der Waals surface area contributed by atoms with Crippen LogP contribution < -0.4 is 5.32 Å². The molecule has 2 heterocycles. The van der Waals surface area contributed by atoms with E-state index in [1.54, 1.807) is 6.07 Å². The zero-order valence-electron chi connectivity index (χ0n) is 14.0. The zero-order valence-corrected chi connectivity index (χ0v) is 17.1. The highest BCUT2D eigenvalue weighted by molar-refractivity contribution is 9.10. The highest BCUT2D eigenvalue weighted by Crippen LogP contribution is 2.27. The van der Waals surface area contributed by atoms with E-state index in [2.05, 4.69) is 36.9 Å². The number of hydrogen-bond donors (Lipinski definition) is 2. The number of hydrogen-bond acceptors (Lipinski definition) is 3. The van der Waals surface area contributed by atoms with E-state index in [-0.39, 0.29) is 0 Å². The number of halogens is 2. The van der Waals surface area contributed by atoms with Crippen LogP contribution in [0.4, 0.5) is 0 Å². The Labute approximate surface area is 160 Å². The molecule has 1 unspecified atom stereocenters. The van der Waals surface area contributed by atoms with Crippen LogP contribution in [0.2, 0.25) is 4.34 Å². The van der Waals surface area contributed by atoms with Crippen molar-refractivity contribution in [3.05, 3.63) is 43.8 Å². The Morgan fingerprint density at radius 3 is 2.83 bits per heavy atom. The summed E-state index contributed by atoms with van der Waals surface area (Å²) in [5, 5.41) is 13.5. The Kier molecular flexibility index (Phi) is 7.16. The van der Waals surface area contributed by atoms with E-state index in [4.69, 9.17) is 11.6 Å². The summed E-state index contributed by atoms with van der Waals surface area (Å²) in [5.41, 5.74) is 1.17. The van der Waals surface area contributed by atoms with Crippen LogP contribution in [0.15, 0.2) is 33.9 Å². The molecule has 0 radical (unpaired) electrons. The number of aliphatic hydroxyl groups is 1.